The molecule has 2 aromatic heterocycles. The predicted octanol–water partition coefficient (Wildman–Crippen LogP) is 0.615. The number of nitrogens with one attached hydrogen (secondary N) is 1. The third kappa shape index (κ3) is 2.11. The molecule has 0 spiro atoms. The van der Waals surface area contributed by atoms with E-state index in [0.717, 1.165) is 17.1 Å². The van der Waals surface area contributed by atoms with Crippen molar-refractivity contribution in [2.45, 2.75) is 19.4 Å². The molecule has 6 heteroatoms. The van der Waals surface area contributed by atoms with Crippen molar-refractivity contribution < 1.29 is 4.42 Å². The van der Waals surface area contributed by atoms with Crippen LogP contribution in [0.5, 0.6) is 0 Å². The van der Waals surface area contributed by atoms with Gasteiger partial charge in [0.15, 0.2) is 5.82 Å². The van der Waals surface area contributed by atoms with Crippen LogP contribution in [0.4, 0.5) is 0 Å². The van der Waals surface area contributed by atoms with E-state index in [2.05, 4.69) is 20.7 Å². The van der Waals surface area contributed by atoms with E-state index in [1.807, 2.05) is 20.0 Å². The molecule has 0 fully saturated rings. The van der Waals surface area contributed by atoms with Crippen molar-refractivity contribution in [1.29, 1.82) is 0 Å². The molecule has 2 heterocycles. The molecular weight excluding hydrogens is 206 g/mol. The molecular formula is C10H15N5O. The van der Waals surface area contributed by atoms with Crippen molar-refractivity contribution in [2.75, 3.05) is 7.05 Å². The van der Waals surface area contributed by atoms with Gasteiger partial charge in [0.2, 0.25) is 0 Å². The summed E-state index contributed by atoms with van der Waals surface area (Å²) in [5.41, 5.74) is 1.13. The first-order valence-electron chi connectivity index (χ1n) is 5.15. The SMILES string of the molecule is CNC(Cc1nnn(C)n1)c1ccoc1C. The van der Waals surface area contributed by atoms with Gasteiger partial charge in [-0.3, -0.25) is 0 Å². The summed E-state index contributed by atoms with van der Waals surface area (Å²) in [6, 6.07) is 2.12. The molecule has 0 aliphatic rings. The van der Waals surface area contributed by atoms with E-state index in [4.69, 9.17) is 4.42 Å². The monoisotopic (exact) mass is 221 g/mol. The van der Waals surface area contributed by atoms with Gasteiger partial charge in [-0.2, -0.15) is 4.80 Å². The van der Waals surface area contributed by atoms with Crippen molar-refractivity contribution in [3.63, 3.8) is 0 Å². The molecule has 16 heavy (non-hydrogen) atoms. The van der Waals surface area contributed by atoms with Crippen LogP contribution in [0.2, 0.25) is 0 Å². The Morgan fingerprint density at radius 2 is 2.38 bits per heavy atom. The van der Waals surface area contributed by atoms with Gasteiger partial charge >= 0.3 is 0 Å². The molecule has 1 unspecified atom stereocenters. The molecule has 2 rings (SSSR count). The van der Waals surface area contributed by atoms with Crippen molar-refractivity contribution in [3.05, 3.63) is 29.5 Å². The molecule has 0 bridgehead atoms. The van der Waals surface area contributed by atoms with Gasteiger partial charge in [0.1, 0.15) is 5.76 Å². The lowest BCUT2D eigenvalue weighted by molar-refractivity contribution is 0.508. The normalized spacial score (nSPS) is 12.9. The summed E-state index contributed by atoms with van der Waals surface area (Å²) in [6.07, 6.45) is 2.39. The molecule has 2 aromatic rings. The second kappa shape index (κ2) is 4.44. The molecule has 0 radical (unpaired) electrons. The molecule has 0 aliphatic carbocycles. The lowest BCUT2D eigenvalue weighted by atomic mass is 10.0. The van der Waals surface area contributed by atoms with Gasteiger partial charge in [-0.1, -0.05) is 0 Å². The van der Waals surface area contributed by atoms with E-state index in [1.165, 1.54) is 4.80 Å². The van der Waals surface area contributed by atoms with Crippen molar-refractivity contribution in [1.82, 2.24) is 25.5 Å². The summed E-state index contributed by atoms with van der Waals surface area (Å²) in [4.78, 5) is 1.46. The maximum atomic E-state index is 5.29. The van der Waals surface area contributed by atoms with Crippen LogP contribution in [0.1, 0.15) is 23.2 Å². The number of hydrogen-bond acceptors (Lipinski definition) is 5. The molecule has 6 nitrogen and oxygen atoms in total. The van der Waals surface area contributed by atoms with Crippen LogP contribution in [0, 0.1) is 6.92 Å². The highest BCUT2D eigenvalue weighted by atomic mass is 16.3. The zero-order valence-electron chi connectivity index (χ0n) is 9.64. The van der Waals surface area contributed by atoms with Gasteiger partial charge in [-0.05, 0) is 25.3 Å². The van der Waals surface area contributed by atoms with E-state index in [-0.39, 0.29) is 6.04 Å². The molecule has 0 aromatic carbocycles. The molecule has 0 saturated heterocycles. The maximum Gasteiger partial charge on any atom is 0.176 e. The fourth-order valence-electron chi connectivity index (χ4n) is 1.71. The molecule has 86 valence electrons. The Morgan fingerprint density at radius 1 is 1.56 bits per heavy atom. The highest BCUT2D eigenvalue weighted by Gasteiger charge is 2.16. The van der Waals surface area contributed by atoms with Gasteiger partial charge < -0.3 is 9.73 Å². The summed E-state index contributed by atoms with van der Waals surface area (Å²) >= 11 is 0. The number of nitrogens with zero attached hydrogens (tertiary/aromatic N) is 4. The van der Waals surface area contributed by atoms with Crippen molar-refractivity contribution in [2.24, 2.45) is 7.05 Å². The summed E-state index contributed by atoms with van der Waals surface area (Å²) in [5, 5.41) is 15.2. The van der Waals surface area contributed by atoms with E-state index >= 15 is 0 Å². The molecule has 0 saturated carbocycles. The lowest BCUT2D eigenvalue weighted by Gasteiger charge is -2.12. The van der Waals surface area contributed by atoms with E-state index in [1.54, 1.807) is 13.3 Å². The van der Waals surface area contributed by atoms with E-state index < -0.39 is 0 Å². The summed E-state index contributed by atoms with van der Waals surface area (Å²) in [5.74, 6) is 1.64. The maximum absolute atomic E-state index is 5.29. The average Bonchev–Trinajstić information content (AvgIpc) is 2.84. The van der Waals surface area contributed by atoms with Gasteiger partial charge in [0.25, 0.3) is 0 Å². The number of hydrogen-bond donors (Lipinski definition) is 1. The fraction of sp³-hybridized carbons (Fsp3) is 0.500. The Balaban J connectivity index is 2.15. The largest absolute Gasteiger partial charge is 0.469 e. The number of furan rings is 1. The number of rotatable bonds is 4. The minimum Gasteiger partial charge on any atom is -0.469 e. The predicted molar refractivity (Wildman–Crippen MR) is 57.7 cm³/mol. The molecule has 0 amide bonds. The molecule has 0 aliphatic heterocycles. The van der Waals surface area contributed by atoms with Gasteiger partial charge in [-0.25, -0.2) is 0 Å². The topological polar surface area (TPSA) is 68.8 Å². The fourth-order valence-corrected chi connectivity index (χ4v) is 1.71. The number of aryl methyl sites for hydroxylation is 2. The van der Waals surface area contributed by atoms with Crippen LogP contribution in [0.15, 0.2) is 16.7 Å². The van der Waals surface area contributed by atoms with E-state index in [0.29, 0.717) is 6.42 Å². The Labute approximate surface area is 93.6 Å². The molecule has 1 atom stereocenters. The average molecular weight is 221 g/mol. The van der Waals surface area contributed by atoms with Crippen LogP contribution in [-0.4, -0.2) is 27.3 Å². The Morgan fingerprint density at radius 3 is 2.88 bits per heavy atom. The standard InChI is InChI=1S/C10H15N5O/c1-7-8(4-5-16-7)9(11-2)6-10-12-14-15(3)13-10/h4-5,9,11H,6H2,1-3H3. The zero-order valence-corrected chi connectivity index (χ0v) is 9.64. The third-order valence-corrected chi connectivity index (χ3v) is 2.56. The van der Waals surface area contributed by atoms with Gasteiger partial charge in [-0.15, -0.1) is 10.2 Å². The Hall–Kier alpha value is -1.69. The van der Waals surface area contributed by atoms with Gasteiger partial charge in [0.05, 0.1) is 13.3 Å². The zero-order chi connectivity index (χ0) is 11.5. The summed E-state index contributed by atoms with van der Waals surface area (Å²) in [7, 11) is 3.67. The number of aromatic nitrogens is 4. The smallest absolute Gasteiger partial charge is 0.176 e. The van der Waals surface area contributed by atoms with Crippen LogP contribution >= 0.6 is 0 Å². The quantitative estimate of drug-likeness (QED) is 0.819. The minimum atomic E-state index is 0.156. The van der Waals surface area contributed by atoms with Crippen molar-refractivity contribution >= 4 is 0 Å². The van der Waals surface area contributed by atoms with E-state index in [9.17, 15) is 0 Å². The third-order valence-electron chi connectivity index (χ3n) is 2.56. The van der Waals surface area contributed by atoms with Crippen LogP contribution in [-0.2, 0) is 13.5 Å². The second-order valence-electron chi connectivity index (χ2n) is 3.67. The first-order chi connectivity index (χ1) is 7.70. The minimum absolute atomic E-state index is 0.156. The summed E-state index contributed by atoms with van der Waals surface area (Å²) < 4.78 is 5.29. The molecule has 1 N–H and O–H groups in total. The second-order valence-corrected chi connectivity index (χ2v) is 3.67. The lowest BCUT2D eigenvalue weighted by Crippen LogP contribution is -2.19. The summed E-state index contributed by atoms with van der Waals surface area (Å²) in [6.45, 7) is 1.95. The number of likely N-dealkylation sites (N-methyl/N-ethyl adjacent to an activating group) is 1. The van der Waals surface area contributed by atoms with Crippen LogP contribution in [0.25, 0.3) is 0 Å². The highest BCUT2D eigenvalue weighted by molar-refractivity contribution is 5.21. The first kappa shape index (κ1) is 10.8. The van der Waals surface area contributed by atoms with Crippen LogP contribution < -0.4 is 5.32 Å². The van der Waals surface area contributed by atoms with Crippen LogP contribution in [0.3, 0.4) is 0 Å². The Bertz CT molecular complexity index is 461. The van der Waals surface area contributed by atoms with Crippen molar-refractivity contribution in [3.8, 4) is 0 Å². The first-order valence-corrected chi connectivity index (χ1v) is 5.15. The highest BCUT2D eigenvalue weighted by Crippen LogP contribution is 2.20. The Kier molecular flexibility index (Phi) is 3.00. The number of tetrazole rings is 1. The van der Waals surface area contributed by atoms with Gasteiger partial charge in [0, 0.05) is 18.0 Å².